The van der Waals surface area contributed by atoms with Crippen molar-refractivity contribution in [3.05, 3.63) is 30.3 Å². The number of hydrogen-bond acceptors (Lipinski definition) is 2. The summed E-state index contributed by atoms with van der Waals surface area (Å²) in [4.78, 5) is 0. The first kappa shape index (κ1) is 26.3. The molecule has 0 saturated carbocycles. The highest BCUT2D eigenvalue weighted by atomic mass is 35.5. The van der Waals surface area contributed by atoms with Gasteiger partial charge < -0.3 is 10.1 Å². The van der Waals surface area contributed by atoms with Crippen molar-refractivity contribution < 1.29 is 4.74 Å². The molecular weight excluding hydrogens is 354 g/mol. The lowest BCUT2D eigenvalue weighted by molar-refractivity contribution is 0.208. The van der Waals surface area contributed by atoms with Crippen LogP contribution in [0.3, 0.4) is 0 Å². The van der Waals surface area contributed by atoms with Gasteiger partial charge in [-0.05, 0) is 38.9 Å². The molecule has 1 N–H and O–H groups in total. The molecular formula is C24H44ClNO. The number of unbranched alkanes of at least 4 members (excludes halogenated alkanes) is 11. The molecule has 3 heteroatoms. The summed E-state index contributed by atoms with van der Waals surface area (Å²) in [5, 5.41) is 3.64. The first-order valence-corrected chi connectivity index (χ1v) is 11.1. The maximum atomic E-state index is 5.87. The van der Waals surface area contributed by atoms with Crippen LogP contribution in [0.25, 0.3) is 0 Å². The van der Waals surface area contributed by atoms with Gasteiger partial charge in [0.2, 0.25) is 0 Å². The fourth-order valence-electron chi connectivity index (χ4n) is 3.22. The zero-order chi connectivity index (χ0) is 18.9. The van der Waals surface area contributed by atoms with Gasteiger partial charge in [-0.15, -0.1) is 12.4 Å². The van der Waals surface area contributed by atoms with Crippen LogP contribution in [0.1, 0.15) is 97.8 Å². The highest BCUT2D eigenvalue weighted by Crippen LogP contribution is 2.13. The average molecular weight is 398 g/mol. The van der Waals surface area contributed by atoms with Gasteiger partial charge >= 0.3 is 0 Å². The van der Waals surface area contributed by atoms with E-state index < -0.39 is 0 Å². The molecule has 0 amide bonds. The van der Waals surface area contributed by atoms with Crippen LogP contribution in [0.15, 0.2) is 30.3 Å². The summed E-state index contributed by atoms with van der Waals surface area (Å²) in [6.45, 7) is 8.51. The van der Waals surface area contributed by atoms with Gasteiger partial charge in [-0.3, -0.25) is 0 Å². The van der Waals surface area contributed by atoms with Crippen molar-refractivity contribution in [2.75, 3.05) is 13.2 Å². The molecule has 0 bridgehead atoms. The van der Waals surface area contributed by atoms with Crippen LogP contribution in [0.5, 0.6) is 5.75 Å². The van der Waals surface area contributed by atoms with Gasteiger partial charge in [0.1, 0.15) is 12.4 Å². The van der Waals surface area contributed by atoms with Crippen LogP contribution < -0.4 is 10.1 Å². The number of rotatable bonds is 17. The van der Waals surface area contributed by atoms with E-state index >= 15 is 0 Å². The molecule has 0 spiro atoms. The predicted molar refractivity (Wildman–Crippen MR) is 122 cm³/mol. The smallest absolute Gasteiger partial charge is 0.119 e. The van der Waals surface area contributed by atoms with Crippen molar-refractivity contribution in [3.8, 4) is 5.75 Å². The van der Waals surface area contributed by atoms with Gasteiger partial charge in [0.05, 0.1) is 0 Å². The van der Waals surface area contributed by atoms with Crippen molar-refractivity contribution in [2.45, 2.75) is 103 Å². The minimum absolute atomic E-state index is 0. The lowest BCUT2D eigenvalue weighted by Crippen LogP contribution is -2.45. The molecule has 0 fully saturated rings. The quantitative estimate of drug-likeness (QED) is 0.274. The van der Waals surface area contributed by atoms with Crippen molar-refractivity contribution >= 4 is 12.4 Å². The lowest BCUT2D eigenvalue weighted by Gasteiger charge is -2.26. The molecule has 1 aromatic carbocycles. The Morgan fingerprint density at radius 3 is 1.74 bits per heavy atom. The molecule has 0 aromatic heterocycles. The summed E-state index contributed by atoms with van der Waals surface area (Å²) in [6, 6.07) is 10.1. The second-order valence-electron chi connectivity index (χ2n) is 8.30. The van der Waals surface area contributed by atoms with E-state index in [9.17, 15) is 0 Å². The topological polar surface area (TPSA) is 21.3 Å². The Morgan fingerprint density at radius 2 is 1.22 bits per heavy atom. The Morgan fingerprint density at radius 1 is 0.741 bits per heavy atom. The molecule has 0 unspecified atom stereocenters. The van der Waals surface area contributed by atoms with Crippen molar-refractivity contribution in [2.24, 2.45) is 0 Å². The van der Waals surface area contributed by atoms with Gasteiger partial charge in [-0.25, -0.2) is 0 Å². The molecule has 1 rings (SSSR count). The van der Waals surface area contributed by atoms with Gasteiger partial charge in [-0.2, -0.15) is 0 Å². The first-order valence-electron chi connectivity index (χ1n) is 11.1. The van der Waals surface area contributed by atoms with Crippen LogP contribution in [0.4, 0.5) is 0 Å². The zero-order valence-electron chi connectivity index (χ0n) is 18.1. The van der Waals surface area contributed by atoms with Gasteiger partial charge in [-0.1, -0.05) is 95.8 Å². The summed E-state index contributed by atoms with van der Waals surface area (Å²) in [5.74, 6) is 0.952. The molecule has 158 valence electrons. The molecule has 2 nitrogen and oxygen atoms in total. The molecule has 0 saturated heterocycles. The minimum Gasteiger partial charge on any atom is -0.492 e. The Balaban J connectivity index is 0.00000676. The summed E-state index contributed by atoms with van der Waals surface area (Å²) in [6.07, 6.45) is 16.8. The second-order valence-corrected chi connectivity index (χ2v) is 8.30. The summed E-state index contributed by atoms with van der Waals surface area (Å²) in [7, 11) is 0. The molecule has 0 heterocycles. The number of halogens is 1. The van der Waals surface area contributed by atoms with E-state index in [-0.39, 0.29) is 17.9 Å². The van der Waals surface area contributed by atoms with Crippen LogP contribution in [0.2, 0.25) is 0 Å². The highest BCUT2D eigenvalue weighted by Gasteiger charge is 2.17. The van der Waals surface area contributed by atoms with E-state index in [1.807, 2.05) is 30.3 Å². The molecule has 0 aliphatic rings. The predicted octanol–water partition coefficient (Wildman–Crippen LogP) is 7.56. The standard InChI is InChI=1S/C24H43NO.ClH/c1-4-5-6-7-8-9-10-11-12-13-14-18-21-25-24(2,3)22-26-23-19-16-15-17-20-23;/h15-17,19-20,25H,4-14,18,21-22H2,1-3H3;1H. The molecule has 0 aliphatic carbocycles. The van der Waals surface area contributed by atoms with Crippen molar-refractivity contribution in [1.29, 1.82) is 0 Å². The maximum Gasteiger partial charge on any atom is 0.119 e. The van der Waals surface area contributed by atoms with E-state index in [1.54, 1.807) is 0 Å². The number of benzene rings is 1. The average Bonchev–Trinajstić information content (AvgIpc) is 2.65. The molecule has 0 aliphatic heterocycles. The lowest BCUT2D eigenvalue weighted by atomic mass is 10.0. The minimum atomic E-state index is 0. The van der Waals surface area contributed by atoms with E-state index in [0.29, 0.717) is 6.61 Å². The molecule has 27 heavy (non-hydrogen) atoms. The SMILES string of the molecule is CCCCCCCCCCCCCCNC(C)(C)COc1ccccc1.Cl. The fraction of sp³-hybridized carbons (Fsp3) is 0.750. The van der Waals surface area contributed by atoms with E-state index in [4.69, 9.17) is 4.74 Å². The van der Waals surface area contributed by atoms with Crippen LogP contribution in [-0.2, 0) is 0 Å². The van der Waals surface area contributed by atoms with Crippen LogP contribution in [0, 0.1) is 0 Å². The third kappa shape index (κ3) is 16.0. The second kappa shape index (κ2) is 17.4. The van der Waals surface area contributed by atoms with E-state index in [0.717, 1.165) is 12.3 Å². The Kier molecular flexibility index (Phi) is 16.9. The van der Waals surface area contributed by atoms with Gasteiger partial charge in [0.25, 0.3) is 0 Å². The summed E-state index contributed by atoms with van der Waals surface area (Å²) in [5.41, 5.74) is 0.0214. The number of ether oxygens (including phenoxy) is 1. The third-order valence-corrected chi connectivity index (χ3v) is 4.98. The first-order chi connectivity index (χ1) is 12.6. The zero-order valence-corrected chi connectivity index (χ0v) is 18.9. The molecule has 1 aromatic rings. The van der Waals surface area contributed by atoms with Gasteiger partial charge in [0, 0.05) is 5.54 Å². The van der Waals surface area contributed by atoms with Crippen molar-refractivity contribution in [1.82, 2.24) is 5.32 Å². The highest BCUT2D eigenvalue weighted by molar-refractivity contribution is 5.85. The van der Waals surface area contributed by atoms with Crippen LogP contribution in [-0.4, -0.2) is 18.7 Å². The van der Waals surface area contributed by atoms with E-state index in [2.05, 4.69) is 26.1 Å². The maximum absolute atomic E-state index is 5.87. The monoisotopic (exact) mass is 397 g/mol. The van der Waals surface area contributed by atoms with E-state index in [1.165, 1.54) is 77.0 Å². The fourth-order valence-corrected chi connectivity index (χ4v) is 3.22. The Hall–Kier alpha value is -0.730. The normalized spacial score (nSPS) is 11.2. The summed E-state index contributed by atoms with van der Waals surface area (Å²) >= 11 is 0. The number of nitrogens with one attached hydrogen (secondary N) is 1. The van der Waals surface area contributed by atoms with Crippen LogP contribution >= 0.6 is 12.4 Å². The van der Waals surface area contributed by atoms with Gasteiger partial charge in [0.15, 0.2) is 0 Å². The van der Waals surface area contributed by atoms with Crippen molar-refractivity contribution in [3.63, 3.8) is 0 Å². The Labute approximate surface area is 175 Å². The molecule has 0 atom stereocenters. The summed E-state index contributed by atoms with van der Waals surface area (Å²) < 4.78 is 5.87. The third-order valence-electron chi connectivity index (χ3n) is 4.98. The number of hydrogen-bond donors (Lipinski definition) is 1. The number of para-hydroxylation sites is 1. The molecule has 0 radical (unpaired) electrons. The largest absolute Gasteiger partial charge is 0.492 e. The Bertz CT molecular complexity index is 422.